The van der Waals surface area contributed by atoms with Gasteiger partial charge in [0.15, 0.2) is 5.65 Å². The van der Waals surface area contributed by atoms with Gasteiger partial charge >= 0.3 is 0 Å². The summed E-state index contributed by atoms with van der Waals surface area (Å²) in [5.41, 5.74) is 10.7. The Morgan fingerprint density at radius 3 is 2.74 bits per heavy atom. The van der Waals surface area contributed by atoms with Crippen LogP contribution >= 0.6 is 0 Å². The van der Waals surface area contributed by atoms with Gasteiger partial charge in [-0.3, -0.25) is 4.98 Å². The van der Waals surface area contributed by atoms with E-state index < -0.39 is 0 Å². The van der Waals surface area contributed by atoms with Gasteiger partial charge in [-0.1, -0.05) is 0 Å². The fourth-order valence-corrected chi connectivity index (χ4v) is 4.04. The Bertz CT molecular complexity index is 1220. The maximum Gasteiger partial charge on any atom is 0.155 e. The van der Waals surface area contributed by atoms with Crippen molar-refractivity contribution in [3.05, 3.63) is 66.2 Å². The predicted molar refractivity (Wildman–Crippen MR) is 119 cm³/mol. The van der Waals surface area contributed by atoms with Crippen LogP contribution in [0.5, 0.6) is 0 Å². The monoisotopic (exact) mass is 417 g/mol. The first-order chi connectivity index (χ1) is 15.1. The molecule has 0 radical (unpaired) electrons. The molecule has 4 aromatic rings. The number of piperazine rings is 1. The second-order valence-corrected chi connectivity index (χ2v) is 7.82. The maximum atomic E-state index is 13.5. The summed E-state index contributed by atoms with van der Waals surface area (Å²) < 4.78 is 15.4. The molecule has 8 heteroatoms. The van der Waals surface area contributed by atoms with Crippen LogP contribution in [-0.2, 0) is 6.54 Å². The Morgan fingerprint density at radius 2 is 1.97 bits per heavy atom. The fourth-order valence-electron chi connectivity index (χ4n) is 4.04. The number of pyridine rings is 1. The topological polar surface area (TPSA) is 84.4 Å². The fraction of sp³-hybridized carbons (Fsp3) is 0.261. The molecule has 0 spiro atoms. The van der Waals surface area contributed by atoms with E-state index in [1.165, 1.54) is 12.1 Å². The summed E-state index contributed by atoms with van der Waals surface area (Å²) in [6.07, 6.45) is 1.74. The number of hydrogen-bond acceptors (Lipinski definition) is 6. The molecule has 1 aromatic carbocycles. The van der Waals surface area contributed by atoms with E-state index in [-0.39, 0.29) is 5.82 Å². The number of nitrogens with zero attached hydrogens (tertiary/aromatic N) is 5. The number of nitrogens with two attached hydrogens (primary N) is 1. The molecule has 1 saturated heterocycles. The summed E-state index contributed by atoms with van der Waals surface area (Å²) in [5.74, 6) is 0.620. The molecule has 0 amide bonds. The first-order valence-electron chi connectivity index (χ1n) is 10.4. The molecule has 158 valence electrons. The number of hydrogen-bond donors (Lipinski definition) is 2. The van der Waals surface area contributed by atoms with Gasteiger partial charge in [-0.05, 0) is 55.5 Å². The third-order valence-corrected chi connectivity index (χ3v) is 5.57. The molecule has 7 nitrogen and oxygen atoms in total. The lowest BCUT2D eigenvalue weighted by Gasteiger charge is -2.32. The van der Waals surface area contributed by atoms with Crippen LogP contribution in [0, 0.1) is 5.82 Å². The van der Waals surface area contributed by atoms with Crippen LogP contribution in [0.1, 0.15) is 12.6 Å². The standard InChI is InChI=1S/C23H24FN7/c1-15-14-30(11-10-26-15)21-7-6-20-28-22(16-2-4-18(24)5-3-16)23(31(20)29-21)17-8-9-27-19(12-17)13-25/h2-9,12,15,26H,10-11,13-14,25H2,1H3/t15-/m1/s1. The average molecular weight is 417 g/mol. The first kappa shape index (κ1) is 19.6. The molecular formula is C23H24FN7. The molecule has 0 unspecified atom stereocenters. The summed E-state index contributed by atoms with van der Waals surface area (Å²) in [6.45, 7) is 5.21. The summed E-state index contributed by atoms with van der Waals surface area (Å²) in [4.78, 5) is 11.4. The summed E-state index contributed by atoms with van der Waals surface area (Å²) >= 11 is 0. The zero-order chi connectivity index (χ0) is 21.4. The van der Waals surface area contributed by atoms with Crippen LogP contribution < -0.4 is 16.0 Å². The van der Waals surface area contributed by atoms with Crippen LogP contribution in [0.3, 0.4) is 0 Å². The van der Waals surface area contributed by atoms with Gasteiger partial charge in [0, 0.05) is 49.5 Å². The van der Waals surface area contributed by atoms with Gasteiger partial charge in [-0.2, -0.15) is 0 Å². The Hall–Kier alpha value is -3.36. The number of halogens is 1. The van der Waals surface area contributed by atoms with E-state index in [9.17, 15) is 4.39 Å². The smallest absolute Gasteiger partial charge is 0.155 e. The van der Waals surface area contributed by atoms with Crippen molar-refractivity contribution in [2.24, 2.45) is 5.73 Å². The lowest BCUT2D eigenvalue weighted by molar-refractivity contribution is 0.481. The quantitative estimate of drug-likeness (QED) is 0.531. The summed E-state index contributed by atoms with van der Waals surface area (Å²) in [5, 5.41) is 8.42. The van der Waals surface area contributed by atoms with Gasteiger partial charge in [-0.25, -0.2) is 13.9 Å². The van der Waals surface area contributed by atoms with Crippen molar-refractivity contribution in [3.8, 4) is 22.5 Å². The minimum atomic E-state index is -0.281. The summed E-state index contributed by atoms with van der Waals surface area (Å²) in [7, 11) is 0. The Labute approximate surface area is 179 Å². The molecule has 1 fully saturated rings. The number of benzene rings is 1. The highest BCUT2D eigenvalue weighted by molar-refractivity contribution is 5.81. The van der Waals surface area contributed by atoms with Crippen molar-refractivity contribution < 1.29 is 4.39 Å². The molecule has 3 aromatic heterocycles. The molecule has 0 saturated carbocycles. The van der Waals surface area contributed by atoms with E-state index in [0.29, 0.717) is 12.6 Å². The molecule has 31 heavy (non-hydrogen) atoms. The van der Waals surface area contributed by atoms with Crippen LogP contribution in [0.2, 0.25) is 0 Å². The van der Waals surface area contributed by atoms with Gasteiger partial charge in [0.25, 0.3) is 0 Å². The van der Waals surface area contributed by atoms with Gasteiger partial charge in [0.1, 0.15) is 17.3 Å². The Kier molecular flexibility index (Phi) is 5.09. The molecular weight excluding hydrogens is 393 g/mol. The van der Waals surface area contributed by atoms with Crippen molar-refractivity contribution in [3.63, 3.8) is 0 Å². The number of aromatic nitrogens is 4. The third kappa shape index (κ3) is 3.75. The van der Waals surface area contributed by atoms with Crippen LogP contribution in [-0.4, -0.2) is 45.3 Å². The minimum Gasteiger partial charge on any atom is -0.352 e. The highest BCUT2D eigenvalue weighted by Gasteiger charge is 2.21. The van der Waals surface area contributed by atoms with E-state index in [4.69, 9.17) is 15.8 Å². The van der Waals surface area contributed by atoms with Crippen molar-refractivity contribution in [1.29, 1.82) is 0 Å². The molecule has 5 rings (SSSR count). The second kappa shape index (κ2) is 8.05. The first-order valence-corrected chi connectivity index (χ1v) is 10.4. The van der Waals surface area contributed by atoms with Crippen LogP contribution in [0.25, 0.3) is 28.2 Å². The summed E-state index contributed by atoms with van der Waals surface area (Å²) in [6, 6.07) is 14.6. The molecule has 0 bridgehead atoms. The molecule has 0 aliphatic carbocycles. The molecule has 1 aliphatic rings. The molecule has 3 N–H and O–H groups in total. The third-order valence-electron chi connectivity index (χ3n) is 5.57. The number of nitrogens with one attached hydrogen (secondary N) is 1. The lowest BCUT2D eigenvalue weighted by Crippen LogP contribution is -2.49. The van der Waals surface area contributed by atoms with Crippen molar-refractivity contribution in [2.45, 2.75) is 19.5 Å². The lowest BCUT2D eigenvalue weighted by atomic mass is 10.1. The normalized spacial score (nSPS) is 16.7. The number of imidazole rings is 1. The van der Waals surface area contributed by atoms with Crippen molar-refractivity contribution in [2.75, 3.05) is 24.5 Å². The molecule has 1 aliphatic heterocycles. The maximum absolute atomic E-state index is 13.5. The molecule has 4 heterocycles. The van der Waals surface area contributed by atoms with Crippen molar-refractivity contribution in [1.82, 2.24) is 24.9 Å². The Balaban J connectivity index is 1.71. The number of anilines is 1. The average Bonchev–Trinajstić information content (AvgIpc) is 3.18. The minimum absolute atomic E-state index is 0.281. The zero-order valence-corrected chi connectivity index (χ0v) is 17.3. The zero-order valence-electron chi connectivity index (χ0n) is 17.3. The largest absolute Gasteiger partial charge is 0.352 e. The Morgan fingerprint density at radius 1 is 1.13 bits per heavy atom. The van der Waals surface area contributed by atoms with Gasteiger partial charge < -0.3 is 16.0 Å². The van der Waals surface area contributed by atoms with Gasteiger partial charge in [0.05, 0.1) is 11.4 Å². The van der Waals surface area contributed by atoms with E-state index in [1.54, 1.807) is 18.3 Å². The van der Waals surface area contributed by atoms with Gasteiger partial charge in [0.2, 0.25) is 0 Å². The van der Waals surface area contributed by atoms with Gasteiger partial charge in [-0.15, -0.1) is 5.10 Å². The van der Waals surface area contributed by atoms with Crippen LogP contribution in [0.15, 0.2) is 54.7 Å². The molecule has 1 atom stereocenters. The van der Waals surface area contributed by atoms with E-state index in [0.717, 1.165) is 59.3 Å². The van der Waals surface area contributed by atoms with E-state index in [2.05, 4.69) is 22.1 Å². The highest BCUT2D eigenvalue weighted by Crippen LogP contribution is 2.33. The number of rotatable bonds is 4. The highest BCUT2D eigenvalue weighted by atomic mass is 19.1. The van der Waals surface area contributed by atoms with E-state index in [1.807, 2.05) is 28.8 Å². The van der Waals surface area contributed by atoms with Crippen LogP contribution in [0.4, 0.5) is 10.2 Å². The number of fused-ring (bicyclic) bond motifs is 1. The SMILES string of the molecule is C[C@@H]1CN(c2ccc3nc(-c4ccc(F)cc4)c(-c4ccnc(CN)c4)n3n2)CCN1. The second-order valence-electron chi connectivity index (χ2n) is 7.82. The predicted octanol–water partition coefficient (Wildman–Crippen LogP) is 2.85. The van der Waals surface area contributed by atoms with Crippen molar-refractivity contribution >= 4 is 11.5 Å². The van der Waals surface area contributed by atoms with E-state index >= 15 is 0 Å².